The van der Waals surface area contributed by atoms with Gasteiger partial charge < -0.3 is 14.5 Å². The van der Waals surface area contributed by atoms with E-state index < -0.39 is 0 Å². The number of rotatable bonds is 5. The molecule has 5 heteroatoms. The van der Waals surface area contributed by atoms with Gasteiger partial charge in [0.1, 0.15) is 11.9 Å². The van der Waals surface area contributed by atoms with E-state index in [1.807, 2.05) is 21.9 Å². The molecule has 0 aromatic heterocycles. The number of hydrogen-bond acceptors (Lipinski definition) is 3. The lowest BCUT2D eigenvalue weighted by atomic mass is 9.93. The standard InChI is InChI=1S/C22H30N2O3/c1-2-16-6-5-9-19(12-16)27-20-14-23(15-20)22(26)17-10-11-21(25)24(13-17)18-7-3-4-8-18/h5-6,9,12,17-18,20H,2-4,7-8,10-11,13-15H2,1H3. The number of ether oxygens (including phenoxy) is 1. The molecule has 4 rings (SSSR count). The third-order valence-electron chi connectivity index (χ3n) is 6.33. The molecule has 1 aromatic rings. The normalized spacial score (nSPS) is 24.2. The van der Waals surface area contributed by atoms with Gasteiger partial charge in [-0.3, -0.25) is 9.59 Å². The molecule has 0 N–H and O–H groups in total. The Morgan fingerprint density at radius 2 is 1.93 bits per heavy atom. The van der Waals surface area contributed by atoms with Crippen LogP contribution in [0.4, 0.5) is 0 Å². The van der Waals surface area contributed by atoms with Crippen LogP contribution in [0.5, 0.6) is 5.75 Å². The number of carbonyl (C=O) groups is 2. The van der Waals surface area contributed by atoms with Gasteiger partial charge in [0.05, 0.1) is 19.0 Å². The lowest BCUT2D eigenvalue weighted by Crippen LogP contribution is -2.59. The van der Waals surface area contributed by atoms with Gasteiger partial charge in [-0.15, -0.1) is 0 Å². The number of piperidine rings is 1. The van der Waals surface area contributed by atoms with Crippen molar-refractivity contribution in [2.75, 3.05) is 19.6 Å². The summed E-state index contributed by atoms with van der Waals surface area (Å²) in [4.78, 5) is 29.1. The maximum absolute atomic E-state index is 12.9. The smallest absolute Gasteiger partial charge is 0.227 e. The zero-order chi connectivity index (χ0) is 18.8. The van der Waals surface area contributed by atoms with Crippen LogP contribution in [0.1, 0.15) is 51.0 Å². The van der Waals surface area contributed by atoms with Gasteiger partial charge in [-0.25, -0.2) is 0 Å². The van der Waals surface area contributed by atoms with Gasteiger partial charge in [0, 0.05) is 19.0 Å². The van der Waals surface area contributed by atoms with Crippen LogP contribution in [-0.2, 0) is 16.0 Å². The predicted octanol–water partition coefficient (Wildman–Crippen LogP) is 3.02. The first-order valence-corrected chi connectivity index (χ1v) is 10.5. The third-order valence-corrected chi connectivity index (χ3v) is 6.33. The molecule has 1 aromatic carbocycles. The number of likely N-dealkylation sites (tertiary alicyclic amines) is 2. The van der Waals surface area contributed by atoms with E-state index in [1.165, 1.54) is 18.4 Å². The average Bonchev–Trinajstić information content (AvgIpc) is 3.19. The molecular formula is C22H30N2O3. The molecule has 0 bridgehead atoms. The van der Waals surface area contributed by atoms with Crippen molar-refractivity contribution >= 4 is 11.8 Å². The summed E-state index contributed by atoms with van der Waals surface area (Å²) in [5.41, 5.74) is 1.26. The van der Waals surface area contributed by atoms with Gasteiger partial charge in [-0.05, 0) is 43.4 Å². The van der Waals surface area contributed by atoms with E-state index in [9.17, 15) is 9.59 Å². The van der Waals surface area contributed by atoms with E-state index in [1.54, 1.807) is 0 Å². The van der Waals surface area contributed by atoms with Crippen LogP contribution in [0, 0.1) is 5.92 Å². The Morgan fingerprint density at radius 3 is 2.67 bits per heavy atom. The Labute approximate surface area is 161 Å². The maximum Gasteiger partial charge on any atom is 0.227 e. The molecule has 2 saturated heterocycles. The summed E-state index contributed by atoms with van der Waals surface area (Å²) >= 11 is 0. The Bertz CT molecular complexity index is 693. The molecule has 1 unspecified atom stereocenters. The van der Waals surface area contributed by atoms with E-state index in [4.69, 9.17) is 4.74 Å². The molecule has 5 nitrogen and oxygen atoms in total. The number of amides is 2. The monoisotopic (exact) mass is 370 g/mol. The van der Waals surface area contributed by atoms with Crippen molar-refractivity contribution in [3.63, 3.8) is 0 Å². The molecule has 1 aliphatic carbocycles. The Morgan fingerprint density at radius 1 is 1.15 bits per heavy atom. The third kappa shape index (κ3) is 3.97. The molecule has 1 saturated carbocycles. The largest absolute Gasteiger partial charge is 0.487 e. The Hall–Kier alpha value is -2.04. The van der Waals surface area contributed by atoms with Crippen molar-refractivity contribution in [2.45, 2.75) is 64.0 Å². The van der Waals surface area contributed by atoms with E-state index in [2.05, 4.69) is 19.1 Å². The molecule has 2 heterocycles. The maximum atomic E-state index is 12.9. The van der Waals surface area contributed by atoms with Gasteiger partial charge >= 0.3 is 0 Å². The molecule has 0 spiro atoms. The van der Waals surface area contributed by atoms with Crippen LogP contribution in [-0.4, -0.2) is 53.4 Å². The fourth-order valence-corrected chi connectivity index (χ4v) is 4.62. The fourth-order valence-electron chi connectivity index (χ4n) is 4.62. The Kier molecular flexibility index (Phi) is 5.37. The summed E-state index contributed by atoms with van der Waals surface area (Å²) in [5.74, 6) is 1.30. The quantitative estimate of drug-likeness (QED) is 0.801. The fraction of sp³-hybridized carbons (Fsp3) is 0.636. The summed E-state index contributed by atoms with van der Waals surface area (Å²) in [6.07, 6.45) is 6.90. The van der Waals surface area contributed by atoms with Crippen molar-refractivity contribution in [1.29, 1.82) is 0 Å². The first-order chi connectivity index (χ1) is 13.1. The van der Waals surface area contributed by atoms with Crippen molar-refractivity contribution in [3.05, 3.63) is 29.8 Å². The van der Waals surface area contributed by atoms with Gasteiger partial charge in [0.15, 0.2) is 0 Å². The van der Waals surface area contributed by atoms with Crippen LogP contribution in [0.2, 0.25) is 0 Å². The highest BCUT2D eigenvalue weighted by atomic mass is 16.5. The highest BCUT2D eigenvalue weighted by Gasteiger charge is 2.40. The molecule has 2 amide bonds. The summed E-state index contributed by atoms with van der Waals surface area (Å²) in [6, 6.07) is 8.55. The zero-order valence-electron chi connectivity index (χ0n) is 16.2. The molecule has 146 valence electrons. The number of carbonyl (C=O) groups excluding carboxylic acids is 2. The molecule has 27 heavy (non-hydrogen) atoms. The van der Waals surface area contributed by atoms with E-state index in [-0.39, 0.29) is 23.8 Å². The first-order valence-electron chi connectivity index (χ1n) is 10.5. The highest BCUT2D eigenvalue weighted by Crippen LogP contribution is 2.30. The van der Waals surface area contributed by atoms with Gasteiger partial charge in [0.2, 0.25) is 11.8 Å². The van der Waals surface area contributed by atoms with Crippen molar-refractivity contribution in [3.8, 4) is 5.75 Å². The second-order valence-electron chi connectivity index (χ2n) is 8.20. The minimum Gasteiger partial charge on any atom is -0.487 e. The molecular weight excluding hydrogens is 340 g/mol. The van der Waals surface area contributed by atoms with E-state index in [0.717, 1.165) is 25.0 Å². The second kappa shape index (κ2) is 7.91. The predicted molar refractivity (Wildman–Crippen MR) is 104 cm³/mol. The zero-order valence-corrected chi connectivity index (χ0v) is 16.2. The topological polar surface area (TPSA) is 49.9 Å². The number of aryl methyl sites for hydroxylation is 1. The minimum absolute atomic E-state index is 0.0346. The summed E-state index contributed by atoms with van der Waals surface area (Å²) in [6.45, 7) is 4.06. The van der Waals surface area contributed by atoms with E-state index in [0.29, 0.717) is 38.5 Å². The van der Waals surface area contributed by atoms with Crippen LogP contribution < -0.4 is 4.74 Å². The van der Waals surface area contributed by atoms with Crippen LogP contribution in [0.3, 0.4) is 0 Å². The summed E-state index contributed by atoms with van der Waals surface area (Å²) < 4.78 is 6.02. The SMILES string of the molecule is CCc1cccc(OC2CN(C(=O)C3CCC(=O)N(C4CCCC4)C3)C2)c1. The van der Waals surface area contributed by atoms with Crippen LogP contribution in [0.15, 0.2) is 24.3 Å². The number of nitrogens with zero attached hydrogens (tertiary/aromatic N) is 2. The molecule has 0 radical (unpaired) electrons. The van der Waals surface area contributed by atoms with Gasteiger partial charge in [0.25, 0.3) is 0 Å². The van der Waals surface area contributed by atoms with E-state index >= 15 is 0 Å². The van der Waals surface area contributed by atoms with Crippen molar-refractivity contribution in [1.82, 2.24) is 9.80 Å². The summed E-state index contributed by atoms with van der Waals surface area (Å²) in [7, 11) is 0. The molecule has 1 atom stereocenters. The highest BCUT2D eigenvalue weighted by molar-refractivity contribution is 5.84. The van der Waals surface area contributed by atoms with Crippen molar-refractivity contribution in [2.24, 2.45) is 5.92 Å². The minimum atomic E-state index is -0.0346. The van der Waals surface area contributed by atoms with Crippen molar-refractivity contribution < 1.29 is 14.3 Å². The second-order valence-corrected chi connectivity index (χ2v) is 8.20. The van der Waals surface area contributed by atoms with Gasteiger partial charge in [-0.2, -0.15) is 0 Å². The first kappa shape index (κ1) is 18.3. The van der Waals surface area contributed by atoms with Gasteiger partial charge in [-0.1, -0.05) is 31.9 Å². The number of hydrogen-bond donors (Lipinski definition) is 0. The average molecular weight is 370 g/mol. The lowest BCUT2D eigenvalue weighted by molar-refractivity contribution is -0.150. The Balaban J connectivity index is 1.28. The van der Waals surface area contributed by atoms with Crippen LogP contribution in [0.25, 0.3) is 0 Å². The lowest BCUT2D eigenvalue weighted by Gasteiger charge is -2.43. The molecule has 3 aliphatic rings. The molecule has 3 fully saturated rings. The van der Waals surface area contributed by atoms with Crippen LogP contribution >= 0.6 is 0 Å². The molecule has 2 aliphatic heterocycles. The summed E-state index contributed by atoms with van der Waals surface area (Å²) in [5, 5.41) is 0. The number of benzene rings is 1.